The summed E-state index contributed by atoms with van der Waals surface area (Å²) >= 11 is 3.23. The minimum absolute atomic E-state index is 0.0470. The fourth-order valence-corrected chi connectivity index (χ4v) is 6.90. The molecule has 0 bridgehead atoms. The van der Waals surface area contributed by atoms with Crippen LogP contribution < -0.4 is 5.32 Å². The van der Waals surface area contributed by atoms with Gasteiger partial charge < -0.3 is 14.7 Å². The smallest absolute Gasteiger partial charge is 0.326 e. The number of benzene rings is 1. The van der Waals surface area contributed by atoms with Crippen LogP contribution in [0.15, 0.2) is 47.8 Å². The van der Waals surface area contributed by atoms with Gasteiger partial charge in [-0.25, -0.2) is 4.79 Å². The van der Waals surface area contributed by atoms with E-state index in [4.69, 9.17) is 4.74 Å². The summed E-state index contributed by atoms with van der Waals surface area (Å²) in [5, 5.41) is 15.4. The van der Waals surface area contributed by atoms with Gasteiger partial charge in [0.15, 0.2) is 0 Å². The number of carbonyl (C=O) groups excluding carboxylic acids is 2. The fourth-order valence-electron chi connectivity index (χ4n) is 4.66. The van der Waals surface area contributed by atoms with Gasteiger partial charge in [-0.05, 0) is 41.7 Å². The molecule has 9 heteroatoms. The monoisotopic (exact) mass is 560 g/mol. The number of carbonyl (C=O) groups is 3. The summed E-state index contributed by atoms with van der Waals surface area (Å²) in [6.45, 7) is 8.19. The van der Waals surface area contributed by atoms with Gasteiger partial charge in [0.1, 0.15) is 12.1 Å². The molecule has 38 heavy (non-hydrogen) atoms. The Morgan fingerprint density at radius 2 is 1.92 bits per heavy atom. The highest BCUT2D eigenvalue weighted by Crippen LogP contribution is 2.38. The molecule has 3 rings (SSSR count). The summed E-state index contributed by atoms with van der Waals surface area (Å²) in [4.78, 5) is 42.2. The van der Waals surface area contributed by atoms with Gasteiger partial charge in [0.25, 0.3) is 0 Å². The summed E-state index contributed by atoms with van der Waals surface area (Å²) < 4.78 is 5.56. The summed E-state index contributed by atoms with van der Waals surface area (Å²) in [7, 11) is 0. The number of nitrogens with zero attached hydrogens (tertiary/aromatic N) is 1. The van der Waals surface area contributed by atoms with E-state index in [0.717, 1.165) is 23.3 Å². The summed E-state index contributed by atoms with van der Waals surface area (Å²) in [5.74, 6) is -1.26. The number of aliphatic carboxylic acids is 1. The lowest BCUT2D eigenvalue weighted by Crippen LogP contribution is -2.59. The molecule has 0 aliphatic carbocycles. The highest BCUT2D eigenvalue weighted by molar-refractivity contribution is 7.99. The quantitative estimate of drug-likeness (QED) is 0.273. The zero-order chi connectivity index (χ0) is 27.7. The molecular formula is C29H40N2O5S2. The Labute approximate surface area is 234 Å². The third-order valence-electron chi connectivity index (χ3n) is 6.63. The van der Waals surface area contributed by atoms with Gasteiger partial charge in [0.2, 0.25) is 5.91 Å². The molecule has 1 aliphatic heterocycles. The van der Waals surface area contributed by atoms with E-state index < -0.39 is 29.5 Å². The molecule has 1 aromatic carbocycles. The molecule has 4 unspecified atom stereocenters. The van der Waals surface area contributed by atoms with Crippen LogP contribution in [0, 0.1) is 5.41 Å². The zero-order valence-corrected chi connectivity index (χ0v) is 24.4. The van der Waals surface area contributed by atoms with Gasteiger partial charge >= 0.3 is 11.9 Å². The average Bonchev–Trinajstić information content (AvgIpc) is 3.36. The second-order valence-electron chi connectivity index (χ2n) is 10.8. The number of unbranched alkanes of at least 4 members (excludes halogenated alkanes) is 1. The molecule has 0 radical (unpaired) electrons. The number of carboxylic acids is 1. The first-order valence-corrected chi connectivity index (χ1v) is 15.2. The van der Waals surface area contributed by atoms with Crippen LogP contribution in [0.2, 0.25) is 0 Å². The van der Waals surface area contributed by atoms with Gasteiger partial charge in [0.05, 0.1) is 17.9 Å². The normalized spacial score (nSPS) is 20.0. The number of ether oxygens (including phenoxy) is 1. The molecule has 2 heterocycles. The van der Waals surface area contributed by atoms with Crippen LogP contribution in [0.4, 0.5) is 0 Å². The van der Waals surface area contributed by atoms with Crippen molar-refractivity contribution < 1.29 is 24.2 Å². The molecule has 0 spiro atoms. The van der Waals surface area contributed by atoms with Gasteiger partial charge in [-0.1, -0.05) is 70.5 Å². The van der Waals surface area contributed by atoms with Crippen molar-refractivity contribution in [2.45, 2.75) is 76.8 Å². The van der Waals surface area contributed by atoms with E-state index >= 15 is 0 Å². The standard InChI is InChI=1S/C29H40N2O5S2/c1-5-6-16-36-28(35)21(15-14-20-11-8-7-9-12-20)30-22-19-38-24(23-13-10-17-37-23)18-31(26(22)32)25(27(33)34)29(2,3)4/h7-13,17,21-22,24-25,30H,5-6,14-16,18-19H2,1-4H3,(H,33,34). The number of hydrogen-bond acceptors (Lipinski definition) is 7. The fraction of sp³-hybridized carbons (Fsp3) is 0.552. The Bertz CT molecular complexity index is 1040. The highest BCUT2D eigenvalue weighted by Gasteiger charge is 2.44. The maximum atomic E-state index is 14.0. The van der Waals surface area contributed by atoms with Crippen molar-refractivity contribution >= 4 is 40.9 Å². The SMILES string of the molecule is CCCCOC(=O)C(CCc1ccccc1)NC1CSC(c2cccs2)CN(C(C(=O)O)C(C)(C)C)C1=O. The van der Waals surface area contributed by atoms with Crippen LogP contribution in [0.3, 0.4) is 0 Å². The van der Waals surface area contributed by atoms with Crippen molar-refractivity contribution in [2.24, 2.45) is 5.41 Å². The van der Waals surface area contributed by atoms with Gasteiger partial charge in [-0.15, -0.1) is 23.1 Å². The first kappa shape index (κ1) is 30.2. The molecule has 7 nitrogen and oxygen atoms in total. The van der Waals surface area contributed by atoms with Gasteiger partial charge in [0, 0.05) is 17.2 Å². The lowest BCUT2D eigenvalue weighted by atomic mass is 9.85. The zero-order valence-electron chi connectivity index (χ0n) is 22.7. The van der Waals surface area contributed by atoms with E-state index in [9.17, 15) is 19.5 Å². The second kappa shape index (κ2) is 14.1. The van der Waals surface area contributed by atoms with E-state index in [1.54, 1.807) is 23.1 Å². The average molecular weight is 561 g/mol. The lowest BCUT2D eigenvalue weighted by molar-refractivity contribution is -0.156. The van der Waals surface area contributed by atoms with Crippen molar-refractivity contribution in [3.63, 3.8) is 0 Å². The Balaban J connectivity index is 1.87. The number of esters is 1. The van der Waals surface area contributed by atoms with Gasteiger partial charge in [-0.3, -0.25) is 14.9 Å². The van der Waals surface area contributed by atoms with Crippen LogP contribution in [0.5, 0.6) is 0 Å². The molecular weight excluding hydrogens is 520 g/mol. The number of thioether (sulfide) groups is 1. The Morgan fingerprint density at radius 3 is 2.53 bits per heavy atom. The first-order chi connectivity index (χ1) is 18.1. The first-order valence-electron chi connectivity index (χ1n) is 13.3. The molecule has 4 atom stereocenters. The number of hydrogen-bond donors (Lipinski definition) is 2. The molecule has 1 saturated heterocycles. The van der Waals surface area contributed by atoms with E-state index in [1.165, 1.54) is 4.90 Å². The van der Waals surface area contributed by atoms with Gasteiger partial charge in [-0.2, -0.15) is 0 Å². The lowest BCUT2D eigenvalue weighted by Gasteiger charge is -2.39. The summed E-state index contributed by atoms with van der Waals surface area (Å²) in [6, 6.07) is 11.5. The molecule has 1 aromatic heterocycles. The largest absolute Gasteiger partial charge is 0.480 e. The highest BCUT2D eigenvalue weighted by atomic mass is 32.2. The Kier molecular flexibility index (Phi) is 11.2. The number of amides is 1. The number of nitrogens with one attached hydrogen (secondary N) is 1. The number of carboxylic acid groups (broad SMARTS) is 1. The summed E-state index contributed by atoms with van der Waals surface area (Å²) in [5.41, 5.74) is 0.424. The topological polar surface area (TPSA) is 95.9 Å². The van der Waals surface area contributed by atoms with Crippen LogP contribution in [0.1, 0.15) is 62.6 Å². The van der Waals surface area contributed by atoms with Crippen LogP contribution in [-0.4, -0.2) is 64.9 Å². The Morgan fingerprint density at radius 1 is 1.18 bits per heavy atom. The molecule has 0 saturated carbocycles. The summed E-state index contributed by atoms with van der Waals surface area (Å²) in [6.07, 6.45) is 2.81. The second-order valence-corrected chi connectivity index (χ2v) is 13.0. The van der Waals surface area contributed by atoms with Crippen LogP contribution in [0.25, 0.3) is 0 Å². The number of rotatable bonds is 12. The maximum absolute atomic E-state index is 14.0. The van der Waals surface area contributed by atoms with Crippen molar-refractivity contribution in [2.75, 3.05) is 18.9 Å². The van der Waals surface area contributed by atoms with Crippen LogP contribution in [-0.2, 0) is 25.5 Å². The minimum atomic E-state index is -1.03. The Hall–Kier alpha value is -2.36. The molecule has 2 N–H and O–H groups in total. The predicted molar refractivity (Wildman–Crippen MR) is 153 cm³/mol. The van der Waals surface area contributed by atoms with Crippen molar-refractivity contribution in [1.29, 1.82) is 0 Å². The molecule has 208 valence electrons. The maximum Gasteiger partial charge on any atom is 0.326 e. The molecule has 1 amide bonds. The minimum Gasteiger partial charge on any atom is -0.480 e. The van der Waals surface area contributed by atoms with E-state index in [0.29, 0.717) is 31.7 Å². The van der Waals surface area contributed by atoms with Crippen molar-refractivity contribution in [1.82, 2.24) is 10.2 Å². The van der Waals surface area contributed by atoms with E-state index in [2.05, 4.69) is 5.32 Å². The van der Waals surface area contributed by atoms with Crippen LogP contribution >= 0.6 is 23.1 Å². The molecule has 1 fully saturated rings. The van der Waals surface area contributed by atoms with Crippen molar-refractivity contribution in [3.05, 3.63) is 58.3 Å². The number of aryl methyl sites for hydroxylation is 1. The molecule has 2 aromatic rings. The third-order valence-corrected chi connectivity index (χ3v) is 9.09. The predicted octanol–water partition coefficient (Wildman–Crippen LogP) is 5.17. The van der Waals surface area contributed by atoms with E-state index in [-0.39, 0.29) is 17.1 Å². The van der Waals surface area contributed by atoms with E-state index in [1.807, 2.05) is 75.5 Å². The third kappa shape index (κ3) is 8.32. The number of thiophene rings is 1. The van der Waals surface area contributed by atoms with Crippen molar-refractivity contribution in [3.8, 4) is 0 Å². The molecule has 1 aliphatic rings.